The number of thiophene rings is 1. The molecule has 0 amide bonds. The topological polar surface area (TPSA) is 87.8 Å². The third-order valence-corrected chi connectivity index (χ3v) is 13.9. The average Bonchev–Trinajstić information content (AvgIpc) is 3.59. The molecular formula is C32H39N3O4SSi. The van der Waals surface area contributed by atoms with Crippen LogP contribution in [-0.2, 0) is 18.6 Å². The predicted octanol–water partition coefficient (Wildman–Crippen LogP) is 5.04. The van der Waals surface area contributed by atoms with Gasteiger partial charge < -0.3 is 23.5 Å². The maximum atomic E-state index is 9.83. The monoisotopic (exact) mass is 589 g/mol. The highest BCUT2D eigenvalue weighted by Gasteiger charge is 2.58. The molecule has 0 aliphatic carbocycles. The summed E-state index contributed by atoms with van der Waals surface area (Å²) >= 11 is 1.33. The summed E-state index contributed by atoms with van der Waals surface area (Å²) < 4.78 is 26.8. The number of ether oxygens (including phenoxy) is 3. The van der Waals surface area contributed by atoms with Crippen LogP contribution in [0.25, 0.3) is 0 Å². The van der Waals surface area contributed by atoms with Crippen molar-refractivity contribution in [3.05, 3.63) is 82.0 Å². The third kappa shape index (κ3) is 5.29. The van der Waals surface area contributed by atoms with E-state index in [-0.39, 0.29) is 17.0 Å². The van der Waals surface area contributed by atoms with E-state index in [1.807, 2.05) is 45.5 Å². The van der Waals surface area contributed by atoms with Crippen molar-refractivity contribution in [2.45, 2.75) is 69.9 Å². The van der Waals surface area contributed by atoms with Gasteiger partial charge in [-0.15, -0.1) is 11.3 Å². The van der Waals surface area contributed by atoms with Gasteiger partial charge in [-0.05, 0) is 34.6 Å². The lowest BCUT2D eigenvalue weighted by Crippen LogP contribution is -2.67. The number of rotatable bonds is 7. The molecule has 2 saturated heterocycles. The van der Waals surface area contributed by atoms with Crippen molar-refractivity contribution < 1.29 is 18.6 Å². The van der Waals surface area contributed by atoms with Gasteiger partial charge in [-0.2, -0.15) is 5.26 Å². The highest BCUT2D eigenvalue weighted by Crippen LogP contribution is 2.48. The van der Waals surface area contributed by atoms with Gasteiger partial charge in [-0.1, -0.05) is 81.4 Å². The van der Waals surface area contributed by atoms with Crippen LogP contribution in [0.4, 0.5) is 0 Å². The summed E-state index contributed by atoms with van der Waals surface area (Å²) in [5.41, 5.74) is 1.38. The Bertz CT molecular complexity index is 1390. The van der Waals surface area contributed by atoms with Gasteiger partial charge in [0.1, 0.15) is 41.2 Å². The third-order valence-electron chi connectivity index (χ3n) is 7.94. The summed E-state index contributed by atoms with van der Waals surface area (Å²) in [6, 6.07) is 23.4. The van der Waals surface area contributed by atoms with Crippen molar-refractivity contribution in [1.29, 1.82) is 10.7 Å². The van der Waals surface area contributed by atoms with E-state index in [1.54, 1.807) is 4.90 Å². The first kappa shape index (κ1) is 29.6. The number of fused-ring (bicyclic) bond motifs is 1. The molecule has 0 saturated carbocycles. The molecule has 0 bridgehead atoms. The zero-order chi connectivity index (χ0) is 29.6. The molecule has 9 heteroatoms. The van der Waals surface area contributed by atoms with Gasteiger partial charge in [0.2, 0.25) is 0 Å². The normalized spacial score (nSPS) is 23.7. The van der Waals surface area contributed by atoms with Gasteiger partial charge in [-0.3, -0.25) is 5.41 Å². The minimum absolute atomic E-state index is 0.178. The van der Waals surface area contributed by atoms with Crippen LogP contribution in [0.2, 0.25) is 5.04 Å². The highest BCUT2D eigenvalue weighted by molar-refractivity contribution is 7.11. The Morgan fingerprint density at radius 3 is 2.10 bits per heavy atom. The van der Waals surface area contributed by atoms with Crippen LogP contribution < -0.4 is 10.4 Å². The van der Waals surface area contributed by atoms with Crippen molar-refractivity contribution in [3.8, 4) is 6.07 Å². The van der Waals surface area contributed by atoms with E-state index >= 15 is 0 Å². The molecule has 216 valence electrons. The maximum absolute atomic E-state index is 9.83. The number of nitriles is 1. The van der Waals surface area contributed by atoms with Crippen molar-refractivity contribution >= 4 is 35.9 Å². The zero-order valence-corrected chi connectivity index (χ0v) is 26.6. The summed E-state index contributed by atoms with van der Waals surface area (Å²) in [6.07, 6.45) is -1.66. The minimum Gasteiger partial charge on any atom is -0.405 e. The van der Waals surface area contributed by atoms with E-state index in [9.17, 15) is 5.26 Å². The van der Waals surface area contributed by atoms with Crippen LogP contribution in [0.3, 0.4) is 0 Å². The summed E-state index contributed by atoms with van der Waals surface area (Å²) in [5.74, 6) is -0.529. The Kier molecular flexibility index (Phi) is 8.02. The average molecular weight is 590 g/mol. The zero-order valence-electron chi connectivity index (χ0n) is 24.8. The Morgan fingerprint density at radius 1 is 1.02 bits per heavy atom. The molecule has 0 radical (unpaired) electrons. The van der Waals surface area contributed by atoms with Crippen LogP contribution >= 0.6 is 11.3 Å². The Balaban J connectivity index is 1.54. The smallest absolute Gasteiger partial charge is 0.261 e. The van der Waals surface area contributed by atoms with E-state index < -0.39 is 32.4 Å². The van der Waals surface area contributed by atoms with Crippen molar-refractivity contribution in [3.63, 3.8) is 0 Å². The van der Waals surface area contributed by atoms with Crippen LogP contribution in [0.1, 0.15) is 56.7 Å². The molecule has 1 N–H and O–H groups in total. The van der Waals surface area contributed by atoms with Gasteiger partial charge in [0, 0.05) is 19.7 Å². The molecule has 7 nitrogen and oxygen atoms in total. The highest BCUT2D eigenvalue weighted by atomic mass is 32.1. The lowest BCUT2D eigenvalue weighted by atomic mass is 9.98. The molecule has 2 fully saturated rings. The second kappa shape index (κ2) is 11.1. The summed E-state index contributed by atoms with van der Waals surface area (Å²) in [7, 11) is 0.814. The van der Waals surface area contributed by atoms with E-state index in [0.29, 0.717) is 17.0 Å². The molecule has 5 rings (SSSR count). The lowest BCUT2D eigenvalue weighted by Gasteiger charge is -2.43. The molecule has 3 aromatic rings. The fraction of sp³-hybridized carbons (Fsp3) is 0.438. The van der Waals surface area contributed by atoms with Gasteiger partial charge in [-0.25, -0.2) is 0 Å². The molecule has 3 heterocycles. The number of hydrogen-bond acceptors (Lipinski definition) is 7. The maximum Gasteiger partial charge on any atom is 0.261 e. The molecule has 0 spiro atoms. The number of nitrogens with one attached hydrogen (secondary N) is 1. The van der Waals surface area contributed by atoms with Crippen molar-refractivity contribution in [1.82, 2.24) is 4.90 Å². The molecule has 4 atom stereocenters. The SMILES string of the molecule is CN(C)C(=N)c1c([C@@H]2O[C@H](CO[Si](c3ccccc3)(c3ccccc3)C(C)(C)C)[C@H]3OC(C)(C)O[C@H]32)csc1C#N. The molecule has 1 aromatic heterocycles. The van der Waals surface area contributed by atoms with Crippen molar-refractivity contribution in [2.24, 2.45) is 0 Å². The number of hydrogen-bond donors (Lipinski definition) is 1. The van der Waals surface area contributed by atoms with E-state index in [1.165, 1.54) is 21.7 Å². The first-order valence-corrected chi connectivity index (χ1v) is 16.7. The molecule has 41 heavy (non-hydrogen) atoms. The molecule has 0 unspecified atom stereocenters. The first-order chi connectivity index (χ1) is 19.4. The van der Waals surface area contributed by atoms with Crippen molar-refractivity contribution in [2.75, 3.05) is 20.7 Å². The molecule has 2 aliphatic rings. The lowest BCUT2D eigenvalue weighted by molar-refractivity contribution is -0.190. The molecule has 2 aromatic carbocycles. The quantitative estimate of drug-likeness (QED) is 0.236. The second-order valence-corrected chi connectivity index (χ2v) is 17.6. The summed E-state index contributed by atoms with van der Waals surface area (Å²) in [6.45, 7) is 10.9. The van der Waals surface area contributed by atoms with E-state index in [0.717, 1.165) is 5.56 Å². The van der Waals surface area contributed by atoms with E-state index in [2.05, 4.69) is 75.4 Å². The summed E-state index contributed by atoms with van der Waals surface area (Å²) in [4.78, 5) is 2.20. The van der Waals surface area contributed by atoms with Gasteiger partial charge in [0.25, 0.3) is 8.32 Å². The van der Waals surface area contributed by atoms with E-state index in [4.69, 9.17) is 24.0 Å². The largest absolute Gasteiger partial charge is 0.405 e. The fourth-order valence-corrected chi connectivity index (χ4v) is 11.6. The summed E-state index contributed by atoms with van der Waals surface area (Å²) in [5, 5.41) is 22.7. The standard InChI is InChI=1S/C32H39N3O4SSi/c1-31(2,3)41(21-14-10-8-11-15-21,22-16-12-9-13-17-22)36-19-24-28-29(39-32(4,5)38-28)27(37-24)23-20-40-25(18-33)26(23)30(34)35(6)7/h8-17,20,24,27-29,34H,19H2,1-7H3/t24-,27+,28-,29+/m1/s1. The Hall–Kier alpha value is -2.84. The van der Waals surface area contributed by atoms with Gasteiger partial charge in [0.05, 0.1) is 12.2 Å². The first-order valence-electron chi connectivity index (χ1n) is 13.9. The van der Waals surface area contributed by atoms with Gasteiger partial charge >= 0.3 is 0 Å². The number of amidine groups is 1. The minimum atomic E-state index is -2.80. The second-order valence-electron chi connectivity index (χ2n) is 12.4. The Morgan fingerprint density at radius 2 is 1.59 bits per heavy atom. The fourth-order valence-electron chi connectivity index (χ4n) is 6.17. The molecule has 2 aliphatic heterocycles. The number of benzene rings is 2. The van der Waals surface area contributed by atoms with Crippen LogP contribution in [0.5, 0.6) is 0 Å². The van der Waals surface area contributed by atoms with Gasteiger partial charge in [0.15, 0.2) is 5.79 Å². The van der Waals surface area contributed by atoms with Crippen LogP contribution in [0, 0.1) is 16.7 Å². The predicted molar refractivity (Wildman–Crippen MR) is 165 cm³/mol. The van der Waals surface area contributed by atoms with Crippen LogP contribution in [-0.4, -0.2) is 63.9 Å². The number of nitrogens with zero attached hydrogens (tertiary/aromatic N) is 2. The van der Waals surface area contributed by atoms with Crippen LogP contribution in [0.15, 0.2) is 66.0 Å². The molecular weight excluding hydrogens is 551 g/mol. The Labute approximate surface area is 248 Å².